The van der Waals surface area contributed by atoms with Gasteiger partial charge in [0.25, 0.3) is 5.91 Å². The quantitative estimate of drug-likeness (QED) is 0.594. The van der Waals surface area contributed by atoms with Gasteiger partial charge in [0.2, 0.25) is 5.95 Å². The fraction of sp³-hybridized carbons (Fsp3) is 0.400. The van der Waals surface area contributed by atoms with Crippen molar-refractivity contribution in [3.63, 3.8) is 0 Å². The number of hydrogen-bond acceptors (Lipinski definition) is 8. The van der Waals surface area contributed by atoms with E-state index < -0.39 is 16.7 Å². The number of piperazine rings is 1. The molecule has 0 spiro atoms. The van der Waals surface area contributed by atoms with E-state index in [0.29, 0.717) is 13.1 Å². The number of carbonyl (C=O) groups is 1. The topological polar surface area (TPSA) is 118 Å². The number of aromatic nitrogens is 2. The zero-order valence-electron chi connectivity index (χ0n) is 13.5. The molecule has 0 aromatic carbocycles. The van der Waals surface area contributed by atoms with E-state index in [-0.39, 0.29) is 5.76 Å². The number of carbonyl (C=O) groups excluding carboxylic acids is 1. The van der Waals surface area contributed by atoms with Crippen molar-refractivity contribution in [1.29, 1.82) is 0 Å². The van der Waals surface area contributed by atoms with Crippen LogP contribution in [0.15, 0.2) is 35.0 Å². The van der Waals surface area contributed by atoms with E-state index in [4.69, 9.17) is 4.42 Å². The average Bonchev–Trinajstić information content (AvgIpc) is 3.14. The molecular formula is C15H18N6O4. The van der Waals surface area contributed by atoms with Crippen molar-refractivity contribution in [2.45, 2.75) is 0 Å². The van der Waals surface area contributed by atoms with Gasteiger partial charge in [0, 0.05) is 51.7 Å². The Bertz CT molecular complexity index is 727. The number of nitrogens with one attached hydrogen (secondary N) is 1. The van der Waals surface area contributed by atoms with Crippen molar-refractivity contribution in [1.82, 2.24) is 20.2 Å². The van der Waals surface area contributed by atoms with Crippen LogP contribution in [0, 0.1) is 10.1 Å². The van der Waals surface area contributed by atoms with Crippen LogP contribution in [-0.4, -0.2) is 65.0 Å². The molecule has 0 saturated carbocycles. The Kier molecular flexibility index (Phi) is 5.19. The number of anilines is 1. The number of furan rings is 1. The van der Waals surface area contributed by atoms with E-state index in [1.165, 1.54) is 12.1 Å². The molecule has 1 aliphatic rings. The van der Waals surface area contributed by atoms with Crippen LogP contribution < -0.4 is 10.2 Å². The molecule has 0 unspecified atom stereocenters. The van der Waals surface area contributed by atoms with Gasteiger partial charge in [-0.2, -0.15) is 0 Å². The van der Waals surface area contributed by atoms with Crippen LogP contribution in [-0.2, 0) is 0 Å². The summed E-state index contributed by atoms with van der Waals surface area (Å²) < 4.78 is 4.87. The first-order chi connectivity index (χ1) is 12.1. The second-order valence-corrected chi connectivity index (χ2v) is 5.53. The maximum absolute atomic E-state index is 11.9. The van der Waals surface area contributed by atoms with Crippen molar-refractivity contribution < 1.29 is 14.1 Å². The van der Waals surface area contributed by atoms with E-state index in [2.05, 4.69) is 25.1 Å². The second-order valence-electron chi connectivity index (χ2n) is 5.53. The lowest BCUT2D eigenvalue weighted by Gasteiger charge is -2.34. The summed E-state index contributed by atoms with van der Waals surface area (Å²) in [6, 6.07) is 4.25. The van der Waals surface area contributed by atoms with Gasteiger partial charge in [-0.3, -0.25) is 19.8 Å². The highest BCUT2D eigenvalue weighted by Gasteiger charge is 2.20. The van der Waals surface area contributed by atoms with Crippen LogP contribution in [0.5, 0.6) is 0 Å². The first kappa shape index (κ1) is 16.8. The summed E-state index contributed by atoms with van der Waals surface area (Å²) in [5.41, 5.74) is 0. The van der Waals surface area contributed by atoms with Gasteiger partial charge in [-0.1, -0.05) is 0 Å². The van der Waals surface area contributed by atoms with Crippen molar-refractivity contribution in [3.05, 3.63) is 46.5 Å². The first-order valence-electron chi connectivity index (χ1n) is 7.90. The Hall–Kier alpha value is -3.01. The van der Waals surface area contributed by atoms with Crippen LogP contribution in [0.3, 0.4) is 0 Å². The molecule has 1 aliphatic heterocycles. The van der Waals surface area contributed by atoms with Gasteiger partial charge in [-0.25, -0.2) is 9.97 Å². The Balaban J connectivity index is 1.40. The molecule has 1 fully saturated rings. The smallest absolute Gasteiger partial charge is 0.395 e. The highest BCUT2D eigenvalue weighted by atomic mass is 16.6. The third-order valence-corrected chi connectivity index (χ3v) is 3.92. The second kappa shape index (κ2) is 7.71. The monoisotopic (exact) mass is 346 g/mol. The molecule has 0 bridgehead atoms. The van der Waals surface area contributed by atoms with Gasteiger partial charge in [0.15, 0.2) is 5.76 Å². The molecule has 2 aromatic heterocycles. The fourth-order valence-corrected chi connectivity index (χ4v) is 2.59. The summed E-state index contributed by atoms with van der Waals surface area (Å²) in [6.07, 6.45) is 3.45. The molecule has 1 amide bonds. The van der Waals surface area contributed by atoms with E-state index in [1.807, 2.05) is 0 Å². The molecule has 3 rings (SSSR count). The van der Waals surface area contributed by atoms with E-state index in [9.17, 15) is 14.9 Å². The molecule has 132 valence electrons. The summed E-state index contributed by atoms with van der Waals surface area (Å²) >= 11 is 0. The average molecular weight is 346 g/mol. The Labute approximate surface area is 143 Å². The number of nitrogens with zero attached hydrogens (tertiary/aromatic N) is 5. The van der Waals surface area contributed by atoms with E-state index in [1.54, 1.807) is 18.5 Å². The molecule has 2 aromatic rings. The van der Waals surface area contributed by atoms with E-state index >= 15 is 0 Å². The van der Waals surface area contributed by atoms with Crippen molar-refractivity contribution >= 4 is 17.7 Å². The van der Waals surface area contributed by atoms with Crippen molar-refractivity contribution in [3.8, 4) is 0 Å². The number of hydrogen-bond donors (Lipinski definition) is 1. The van der Waals surface area contributed by atoms with Crippen molar-refractivity contribution in [2.24, 2.45) is 0 Å². The van der Waals surface area contributed by atoms with Gasteiger partial charge in [-0.15, -0.1) is 0 Å². The van der Waals surface area contributed by atoms with Gasteiger partial charge in [0.1, 0.15) is 4.92 Å². The third kappa shape index (κ3) is 4.29. The molecule has 0 atom stereocenters. The maximum Gasteiger partial charge on any atom is 0.433 e. The van der Waals surface area contributed by atoms with Gasteiger partial charge < -0.3 is 14.6 Å². The SMILES string of the molecule is O=C(NCCN1CCN(c2ncccn2)CC1)c1ccc([N+](=O)[O-])o1. The first-order valence-corrected chi connectivity index (χ1v) is 7.90. The predicted molar refractivity (Wildman–Crippen MR) is 88.4 cm³/mol. The molecule has 1 N–H and O–H groups in total. The molecule has 25 heavy (non-hydrogen) atoms. The molecule has 3 heterocycles. The van der Waals surface area contributed by atoms with Crippen LogP contribution in [0.4, 0.5) is 11.8 Å². The zero-order chi connectivity index (χ0) is 17.6. The normalized spacial score (nSPS) is 15.1. The summed E-state index contributed by atoms with van der Waals surface area (Å²) in [6.45, 7) is 4.47. The zero-order valence-corrected chi connectivity index (χ0v) is 13.5. The Morgan fingerprint density at radius 1 is 1.24 bits per heavy atom. The van der Waals surface area contributed by atoms with Crippen LogP contribution in [0.25, 0.3) is 0 Å². The highest BCUT2D eigenvalue weighted by Crippen LogP contribution is 2.15. The van der Waals surface area contributed by atoms with Crippen LogP contribution >= 0.6 is 0 Å². The lowest BCUT2D eigenvalue weighted by molar-refractivity contribution is -0.402. The number of nitro groups is 1. The third-order valence-electron chi connectivity index (χ3n) is 3.92. The van der Waals surface area contributed by atoms with Gasteiger partial charge in [-0.05, 0) is 12.1 Å². The largest absolute Gasteiger partial charge is 0.433 e. The van der Waals surface area contributed by atoms with Gasteiger partial charge >= 0.3 is 5.88 Å². The summed E-state index contributed by atoms with van der Waals surface area (Å²) in [5, 5.41) is 13.3. The minimum absolute atomic E-state index is 0.0576. The molecular weight excluding hydrogens is 328 g/mol. The molecule has 1 saturated heterocycles. The Morgan fingerprint density at radius 3 is 2.60 bits per heavy atom. The summed E-state index contributed by atoms with van der Waals surface area (Å²) in [5.74, 6) is -0.221. The highest BCUT2D eigenvalue weighted by molar-refractivity contribution is 5.91. The standard InChI is InChI=1S/C15H18N6O4/c22-14(12-2-3-13(25-12)21(23)24)16-6-7-19-8-10-20(11-9-19)15-17-4-1-5-18-15/h1-5H,6-11H2,(H,16,22). The molecule has 10 nitrogen and oxygen atoms in total. The predicted octanol–water partition coefficient (Wildman–Crippen LogP) is 0.530. The van der Waals surface area contributed by atoms with Crippen LogP contribution in [0.2, 0.25) is 0 Å². The van der Waals surface area contributed by atoms with E-state index in [0.717, 1.165) is 32.1 Å². The van der Waals surface area contributed by atoms with Crippen LogP contribution in [0.1, 0.15) is 10.6 Å². The number of amides is 1. The van der Waals surface area contributed by atoms with Crippen molar-refractivity contribution in [2.75, 3.05) is 44.2 Å². The van der Waals surface area contributed by atoms with Gasteiger partial charge in [0.05, 0.1) is 6.07 Å². The molecule has 0 aliphatic carbocycles. The maximum atomic E-state index is 11.9. The number of rotatable bonds is 6. The fourth-order valence-electron chi connectivity index (χ4n) is 2.59. The summed E-state index contributed by atoms with van der Waals surface area (Å²) in [7, 11) is 0. The minimum atomic E-state index is -0.674. The summed E-state index contributed by atoms with van der Waals surface area (Å²) in [4.78, 5) is 34.6. The molecule has 10 heteroatoms. The lowest BCUT2D eigenvalue weighted by atomic mass is 10.3. The Morgan fingerprint density at radius 2 is 1.96 bits per heavy atom. The lowest BCUT2D eigenvalue weighted by Crippen LogP contribution is -2.49. The minimum Gasteiger partial charge on any atom is -0.395 e. The molecule has 0 radical (unpaired) electrons.